The van der Waals surface area contributed by atoms with Crippen LogP contribution in [0.15, 0.2) is 58.3 Å². The second kappa shape index (κ2) is 14.9. The van der Waals surface area contributed by atoms with E-state index in [-0.39, 0.29) is 69.1 Å². The predicted octanol–water partition coefficient (Wildman–Crippen LogP) is 1.24. The van der Waals surface area contributed by atoms with Crippen LogP contribution in [0, 0.1) is 6.92 Å². The van der Waals surface area contributed by atoms with Crippen LogP contribution in [-0.4, -0.2) is 59.9 Å². The number of ether oxygens (including phenoxy) is 1. The molecule has 2 aromatic heterocycles. The van der Waals surface area contributed by atoms with Gasteiger partial charge in [-0.15, -0.1) is 0 Å². The van der Waals surface area contributed by atoms with Gasteiger partial charge in [0, 0.05) is 23.6 Å². The van der Waals surface area contributed by atoms with Crippen molar-refractivity contribution in [3.63, 3.8) is 0 Å². The van der Waals surface area contributed by atoms with Crippen molar-refractivity contribution in [2.45, 2.75) is 96.8 Å². The molecule has 1 saturated carbocycles. The minimum Gasteiger partial charge on any atom is -0.388 e. The second-order valence-electron chi connectivity index (χ2n) is 12.7. The van der Waals surface area contributed by atoms with Crippen molar-refractivity contribution in [2.75, 3.05) is 6.61 Å². The molecule has 11 nitrogen and oxygen atoms in total. The van der Waals surface area contributed by atoms with Gasteiger partial charge in [0.05, 0.1) is 24.0 Å². The molecule has 2 aromatic carbocycles. The Labute approximate surface area is 311 Å². The Kier molecular flexibility index (Phi) is 11.3. The molecule has 4 aromatic rings. The number of hydrogen-bond donors (Lipinski definition) is 3. The van der Waals surface area contributed by atoms with E-state index in [1.54, 1.807) is 13.8 Å². The van der Waals surface area contributed by atoms with Crippen LogP contribution in [0.2, 0.25) is 0 Å². The molecule has 1 aliphatic heterocycles. The van der Waals surface area contributed by atoms with Crippen molar-refractivity contribution in [3.05, 3.63) is 87.1 Å². The van der Waals surface area contributed by atoms with Crippen LogP contribution in [0.1, 0.15) is 87.1 Å². The maximum Gasteiger partial charge on any atom is 1.00 e. The number of fused-ring (bicyclic) bond motifs is 1. The minimum absolute atomic E-state index is 0. The summed E-state index contributed by atoms with van der Waals surface area (Å²) in [6.45, 7) is 7.77. The molecule has 1 fully saturated rings. The van der Waals surface area contributed by atoms with Crippen molar-refractivity contribution in [1.82, 2.24) is 24.6 Å². The van der Waals surface area contributed by atoms with E-state index in [1.807, 2.05) is 52.4 Å². The molecule has 0 amide bonds. The van der Waals surface area contributed by atoms with Gasteiger partial charge >= 0.3 is 51.4 Å². The van der Waals surface area contributed by atoms with E-state index < -0.39 is 12.0 Å². The SMILES string of the molecule is CCCc1c(Cc2ccc(-c3ccccc3C3=NC(O)ON3)cc2)c(=O)n(C2CCC(OCC(C)(C)O)CC2)c2nc(C)nn12.[K+]. The fourth-order valence-electron chi connectivity index (χ4n) is 6.36. The van der Waals surface area contributed by atoms with Gasteiger partial charge in [-0.05, 0) is 69.6 Å². The van der Waals surface area contributed by atoms with Crippen LogP contribution >= 0.6 is 0 Å². The van der Waals surface area contributed by atoms with Crippen molar-refractivity contribution in [3.8, 4) is 11.1 Å². The summed E-state index contributed by atoms with van der Waals surface area (Å²) in [5, 5.41) is 24.5. The number of amidine groups is 1. The number of hydrogen-bond acceptors (Lipinski definition) is 9. The molecule has 12 heteroatoms. The Morgan fingerprint density at radius 2 is 1.76 bits per heavy atom. The van der Waals surface area contributed by atoms with E-state index in [4.69, 9.17) is 19.7 Å². The van der Waals surface area contributed by atoms with E-state index in [1.165, 1.54) is 0 Å². The van der Waals surface area contributed by atoms with Crippen LogP contribution in [0.3, 0.4) is 0 Å². The van der Waals surface area contributed by atoms with Crippen molar-refractivity contribution in [1.29, 1.82) is 0 Å². The summed E-state index contributed by atoms with van der Waals surface area (Å²) in [6.07, 6.45) is 4.12. The first-order valence-corrected chi connectivity index (χ1v) is 15.8. The largest absolute Gasteiger partial charge is 1.00 e. The van der Waals surface area contributed by atoms with Gasteiger partial charge in [0.25, 0.3) is 12.0 Å². The molecule has 1 atom stereocenters. The fourth-order valence-corrected chi connectivity index (χ4v) is 6.36. The molecule has 6 rings (SSSR count). The van der Waals surface area contributed by atoms with Crippen LogP contribution in [0.5, 0.6) is 0 Å². The predicted molar refractivity (Wildman–Crippen MR) is 171 cm³/mol. The normalized spacial score (nSPS) is 20.0. The Morgan fingerprint density at radius 3 is 2.39 bits per heavy atom. The van der Waals surface area contributed by atoms with Crippen LogP contribution in [0.25, 0.3) is 16.9 Å². The number of aryl methyl sites for hydroxylation is 2. The number of hydroxylamine groups is 1. The number of aliphatic hydroxyl groups excluding tert-OH is 1. The molecule has 3 heterocycles. The van der Waals surface area contributed by atoms with Gasteiger partial charge in [0.15, 0.2) is 5.84 Å². The van der Waals surface area contributed by atoms with Crippen molar-refractivity contribution in [2.24, 2.45) is 4.99 Å². The molecule has 3 N–H and O–H groups in total. The number of nitrogens with zero attached hydrogens (tertiary/aromatic N) is 5. The summed E-state index contributed by atoms with van der Waals surface area (Å²) < 4.78 is 9.76. The zero-order valence-corrected chi connectivity index (χ0v) is 30.5. The van der Waals surface area contributed by atoms with E-state index in [9.17, 15) is 15.0 Å². The van der Waals surface area contributed by atoms with E-state index in [0.29, 0.717) is 30.5 Å². The van der Waals surface area contributed by atoms with Gasteiger partial charge in [-0.2, -0.15) is 10.1 Å². The summed E-state index contributed by atoms with van der Waals surface area (Å²) in [7, 11) is 0. The average molecular weight is 654 g/mol. The van der Waals surface area contributed by atoms with E-state index in [0.717, 1.165) is 72.0 Å². The summed E-state index contributed by atoms with van der Waals surface area (Å²) in [4.78, 5) is 28.2. The number of rotatable bonds is 10. The monoisotopic (exact) mass is 653 g/mol. The molecule has 1 unspecified atom stereocenters. The minimum atomic E-state index is -1.23. The van der Waals surface area contributed by atoms with Gasteiger partial charge in [-0.25, -0.2) is 19.8 Å². The van der Waals surface area contributed by atoms with Gasteiger partial charge in [0.2, 0.25) is 5.78 Å². The van der Waals surface area contributed by atoms with Crippen molar-refractivity contribution < 1.29 is 71.2 Å². The second-order valence-corrected chi connectivity index (χ2v) is 12.7. The Morgan fingerprint density at radius 1 is 1.07 bits per heavy atom. The molecule has 0 bridgehead atoms. The molecular formula is C34H42KN6O5+. The molecule has 0 radical (unpaired) electrons. The number of aliphatic imine (C=N–C) groups is 1. The maximum absolute atomic E-state index is 14.4. The molecule has 1 aliphatic carbocycles. The molecule has 2 aliphatic rings. The number of aromatic nitrogens is 4. The maximum atomic E-state index is 14.4. The van der Waals surface area contributed by atoms with Crippen molar-refractivity contribution >= 4 is 11.6 Å². The molecule has 238 valence electrons. The first-order valence-electron chi connectivity index (χ1n) is 15.8. The Balaban J connectivity index is 0.00000417. The average Bonchev–Trinajstić information content (AvgIpc) is 3.63. The zero-order valence-electron chi connectivity index (χ0n) is 27.4. The number of nitrogens with one attached hydrogen (secondary N) is 1. The summed E-state index contributed by atoms with van der Waals surface area (Å²) in [5.41, 5.74) is 7.26. The summed E-state index contributed by atoms with van der Waals surface area (Å²) >= 11 is 0. The molecule has 0 spiro atoms. The number of benzene rings is 2. The smallest absolute Gasteiger partial charge is 0.388 e. The quantitative estimate of drug-likeness (QED) is 0.218. The third-order valence-corrected chi connectivity index (χ3v) is 8.49. The van der Waals surface area contributed by atoms with Gasteiger partial charge in [-0.1, -0.05) is 61.9 Å². The summed E-state index contributed by atoms with van der Waals surface area (Å²) in [5.74, 6) is 1.72. The molecule has 0 saturated heterocycles. The van der Waals surface area contributed by atoms with Crippen LogP contribution < -0.4 is 62.4 Å². The number of aliphatic hydroxyl groups is 2. The van der Waals surface area contributed by atoms with E-state index in [2.05, 4.69) is 29.5 Å². The van der Waals surface area contributed by atoms with Crippen LogP contribution in [0.4, 0.5) is 0 Å². The van der Waals surface area contributed by atoms with Gasteiger partial charge in [0.1, 0.15) is 5.82 Å². The summed E-state index contributed by atoms with van der Waals surface area (Å²) in [6, 6.07) is 16.0. The standard InChI is InChI=1S/C34H42N6O5.K/c1-5-8-29-28(19-22-11-13-23(14-12-22)26-9-6-7-10-27(26)30-36-33(42)45-38-30)31(41)39(32-35-21(2)37-40(29)32)24-15-17-25(18-16-24)44-20-34(3,4)43;/h6-7,9-14,24-25,33,42-43H,5,8,15-20H2,1-4H3,(H,36,38);/q;+1. The molecule has 46 heavy (non-hydrogen) atoms. The third-order valence-electron chi connectivity index (χ3n) is 8.49. The third kappa shape index (κ3) is 7.72. The van der Waals surface area contributed by atoms with Crippen LogP contribution in [-0.2, 0) is 22.4 Å². The first kappa shape index (κ1) is 35.1. The zero-order chi connectivity index (χ0) is 31.7. The van der Waals surface area contributed by atoms with Gasteiger partial charge < -0.3 is 14.9 Å². The fraction of sp³-hybridized carbons (Fsp3) is 0.471. The van der Waals surface area contributed by atoms with E-state index >= 15 is 0 Å². The topological polar surface area (TPSA) is 136 Å². The Bertz CT molecular complexity index is 1750. The molecular weight excluding hydrogens is 612 g/mol. The Hall–Kier alpha value is -2.26. The van der Waals surface area contributed by atoms with Gasteiger partial charge in [-0.3, -0.25) is 9.36 Å². The first-order chi connectivity index (χ1) is 21.6.